The molecule has 0 aromatic rings. The molecule has 6 heteroatoms. The fourth-order valence-electron chi connectivity index (χ4n) is 2.92. The second-order valence-electron chi connectivity index (χ2n) is 7.75. The van der Waals surface area contributed by atoms with Gasteiger partial charge in [-0.15, -0.1) is 0 Å². The fraction of sp³-hybridized carbons (Fsp3) is 0.905. The molecule has 0 aliphatic carbocycles. The van der Waals surface area contributed by atoms with Gasteiger partial charge in [-0.25, -0.2) is 0 Å². The van der Waals surface area contributed by atoms with Gasteiger partial charge in [0.1, 0.15) is 0 Å². The molecule has 0 fully saturated rings. The van der Waals surface area contributed by atoms with Crippen molar-refractivity contribution in [2.24, 2.45) is 5.41 Å². The van der Waals surface area contributed by atoms with Crippen molar-refractivity contribution in [3.8, 4) is 0 Å². The minimum atomic E-state index is -2.62. The van der Waals surface area contributed by atoms with Gasteiger partial charge >= 0.3 is 8.80 Å². The van der Waals surface area contributed by atoms with Gasteiger partial charge in [0.05, 0.1) is 0 Å². The predicted octanol–water partition coefficient (Wildman–Crippen LogP) is 5.13. The van der Waals surface area contributed by atoms with Crippen LogP contribution < -0.4 is 5.32 Å². The molecule has 0 bridgehead atoms. The lowest BCUT2D eigenvalue weighted by Crippen LogP contribution is -2.47. The highest BCUT2D eigenvalue weighted by Gasteiger charge is 2.41. The average molecular weight is 403 g/mol. The largest absolute Gasteiger partial charge is 0.500 e. The summed E-state index contributed by atoms with van der Waals surface area (Å²) in [4.78, 5) is 12.1. The van der Waals surface area contributed by atoms with E-state index < -0.39 is 8.80 Å². The van der Waals surface area contributed by atoms with Crippen LogP contribution in [-0.2, 0) is 18.1 Å². The number of hydrogen-bond donors (Lipinski definition) is 1. The Hall–Kier alpha value is -0.433. The Morgan fingerprint density at radius 2 is 1.56 bits per heavy atom. The molecule has 0 heterocycles. The Balaban J connectivity index is 4.27. The monoisotopic (exact) mass is 402 g/mol. The minimum absolute atomic E-state index is 0.0238. The molecule has 0 saturated heterocycles. The predicted molar refractivity (Wildman–Crippen MR) is 115 cm³/mol. The number of amides is 1. The quantitative estimate of drug-likeness (QED) is 0.255. The Labute approximate surface area is 169 Å². The highest BCUT2D eigenvalue weighted by Crippen LogP contribution is 2.28. The smallest absolute Gasteiger partial charge is 0.374 e. The topological polar surface area (TPSA) is 56.8 Å². The van der Waals surface area contributed by atoms with E-state index in [-0.39, 0.29) is 11.3 Å². The summed E-state index contributed by atoms with van der Waals surface area (Å²) in [5, 5.41) is 3.09. The third-order valence-electron chi connectivity index (χ3n) is 4.55. The first-order valence-corrected chi connectivity index (χ1v) is 12.8. The second-order valence-corrected chi connectivity index (χ2v) is 10.5. The van der Waals surface area contributed by atoms with Crippen LogP contribution in [0.1, 0.15) is 86.5 Å². The van der Waals surface area contributed by atoms with Crippen LogP contribution in [0.2, 0.25) is 6.04 Å². The SMILES string of the molecule is CCCCC[CH]CCC(=O)NCC(C)(C)CC[Si](OCC)(OCC)OCC. The molecular weight excluding hydrogens is 358 g/mol. The molecule has 0 saturated carbocycles. The van der Waals surface area contributed by atoms with Crippen molar-refractivity contribution >= 4 is 14.7 Å². The Bertz CT molecular complexity index is 360. The van der Waals surface area contributed by atoms with Crippen LogP contribution >= 0.6 is 0 Å². The van der Waals surface area contributed by atoms with E-state index in [0.717, 1.165) is 25.3 Å². The van der Waals surface area contributed by atoms with E-state index in [2.05, 4.69) is 32.5 Å². The van der Waals surface area contributed by atoms with E-state index in [1.165, 1.54) is 19.3 Å². The summed E-state index contributed by atoms with van der Waals surface area (Å²) in [5.74, 6) is 0.137. The molecule has 5 nitrogen and oxygen atoms in total. The lowest BCUT2D eigenvalue weighted by Gasteiger charge is -2.32. The van der Waals surface area contributed by atoms with Crippen molar-refractivity contribution in [3.63, 3.8) is 0 Å². The van der Waals surface area contributed by atoms with Crippen molar-refractivity contribution in [1.82, 2.24) is 5.32 Å². The first-order chi connectivity index (χ1) is 12.8. The summed E-state index contributed by atoms with van der Waals surface area (Å²) in [7, 11) is -2.62. The van der Waals surface area contributed by atoms with E-state index in [4.69, 9.17) is 13.3 Å². The van der Waals surface area contributed by atoms with Gasteiger partial charge in [0.2, 0.25) is 5.91 Å². The molecule has 1 radical (unpaired) electrons. The zero-order chi connectivity index (χ0) is 20.6. The van der Waals surface area contributed by atoms with Crippen molar-refractivity contribution in [2.45, 2.75) is 92.5 Å². The number of carbonyl (C=O) groups excluding carboxylic acids is 1. The first kappa shape index (κ1) is 26.6. The molecule has 0 spiro atoms. The van der Waals surface area contributed by atoms with Gasteiger partial charge in [-0.3, -0.25) is 4.79 Å². The lowest BCUT2D eigenvalue weighted by molar-refractivity contribution is -0.121. The van der Waals surface area contributed by atoms with Crippen LogP contribution in [0.5, 0.6) is 0 Å². The molecule has 0 aliphatic rings. The van der Waals surface area contributed by atoms with Gasteiger partial charge in [0.15, 0.2) is 0 Å². The number of unbranched alkanes of at least 4 members (excludes halogenated alkanes) is 5. The maximum absolute atomic E-state index is 12.1. The maximum atomic E-state index is 12.1. The first-order valence-electron chi connectivity index (χ1n) is 10.8. The van der Waals surface area contributed by atoms with E-state index >= 15 is 0 Å². The highest BCUT2D eigenvalue weighted by molar-refractivity contribution is 6.60. The average Bonchev–Trinajstić information content (AvgIpc) is 2.62. The van der Waals surface area contributed by atoms with E-state index in [1.807, 2.05) is 20.8 Å². The van der Waals surface area contributed by atoms with Crippen molar-refractivity contribution < 1.29 is 18.1 Å². The summed E-state index contributed by atoms with van der Waals surface area (Å²) in [6, 6.07) is 0.774. The highest BCUT2D eigenvalue weighted by atomic mass is 28.4. The zero-order valence-electron chi connectivity index (χ0n) is 18.7. The number of carbonyl (C=O) groups is 1. The standard InChI is InChI=1S/C21H44NO4Si/c1-7-11-12-13-14-15-16-20(23)22-19-21(5,6)17-18-27(24-8-2,25-9-3)26-10-4/h14H,7-13,15-19H2,1-6H3,(H,22,23). The Morgan fingerprint density at radius 3 is 2.07 bits per heavy atom. The van der Waals surface area contributed by atoms with Crippen LogP contribution in [0.15, 0.2) is 0 Å². The van der Waals surface area contributed by atoms with Gasteiger partial charge in [-0.2, -0.15) is 0 Å². The number of nitrogens with one attached hydrogen (secondary N) is 1. The van der Waals surface area contributed by atoms with Gasteiger partial charge in [-0.05, 0) is 45.4 Å². The van der Waals surface area contributed by atoms with Gasteiger partial charge in [0, 0.05) is 38.8 Å². The van der Waals surface area contributed by atoms with Gasteiger partial charge in [-0.1, -0.05) is 46.5 Å². The van der Waals surface area contributed by atoms with E-state index in [0.29, 0.717) is 32.8 Å². The number of rotatable bonds is 18. The molecule has 0 rings (SSSR count). The van der Waals surface area contributed by atoms with Crippen molar-refractivity contribution in [2.75, 3.05) is 26.4 Å². The Kier molecular flexibility index (Phi) is 15.2. The summed E-state index contributed by atoms with van der Waals surface area (Å²) in [6.45, 7) is 14.9. The van der Waals surface area contributed by atoms with Crippen LogP contribution in [0, 0.1) is 11.8 Å². The molecule has 0 aromatic heterocycles. The van der Waals surface area contributed by atoms with Crippen LogP contribution in [0.4, 0.5) is 0 Å². The van der Waals surface area contributed by atoms with Crippen molar-refractivity contribution in [3.05, 3.63) is 6.42 Å². The van der Waals surface area contributed by atoms with Gasteiger partial charge in [0.25, 0.3) is 0 Å². The molecular formula is C21H44NO4Si. The zero-order valence-corrected chi connectivity index (χ0v) is 19.7. The summed E-state index contributed by atoms with van der Waals surface area (Å²) in [6.07, 6.45) is 9.44. The normalized spacial score (nSPS) is 12.4. The van der Waals surface area contributed by atoms with E-state index in [1.54, 1.807) is 0 Å². The minimum Gasteiger partial charge on any atom is -0.374 e. The summed E-state index contributed by atoms with van der Waals surface area (Å²) < 4.78 is 17.8. The van der Waals surface area contributed by atoms with Crippen LogP contribution in [-0.4, -0.2) is 41.1 Å². The molecule has 0 atom stereocenters. The van der Waals surface area contributed by atoms with Crippen molar-refractivity contribution in [1.29, 1.82) is 0 Å². The summed E-state index contributed by atoms with van der Waals surface area (Å²) in [5.41, 5.74) is -0.0238. The fourth-order valence-corrected chi connectivity index (χ4v) is 5.91. The molecule has 27 heavy (non-hydrogen) atoms. The lowest BCUT2D eigenvalue weighted by atomic mass is 9.90. The van der Waals surface area contributed by atoms with Crippen LogP contribution in [0.25, 0.3) is 0 Å². The molecule has 0 aromatic carbocycles. The molecule has 1 amide bonds. The molecule has 1 N–H and O–H groups in total. The number of hydrogen-bond acceptors (Lipinski definition) is 4. The maximum Gasteiger partial charge on any atom is 0.500 e. The molecule has 161 valence electrons. The molecule has 0 aliphatic heterocycles. The summed E-state index contributed by atoms with van der Waals surface area (Å²) >= 11 is 0. The Morgan fingerprint density at radius 1 is 0.963 bits per heavy atom. The molecule has 0 unspecified atom stereocenters. The second kappa shape index (κ2) is 15.5. The van der Waals surface area contributed by atoms with Gasteiger partial charge < -0.3 is 18.6 Å². The van der Waals surface area contributed by atoms with Crippen LogP contribution in [0.3, 0.4) is 0 Å². The third-order valence-corrected chi connectivity index (χ3v) is 7.60. The van der Waals surface area contributed by atoms with E-state index in [9.17, 15) is 4.79 Å². The third kappa shape index (κ3) is 13.4.